The molecule has 3 nitrogen and oxygen atoms in total. The van der Waals surface area contributed by atoms with E-state index in [1.807, 2.05) is 6.07 Å². The Balaban J connectivity index is 2.17. The molecule has 1 aliphatic carbocycles. The van der Waals surface area contributed by atoms with Gasteiger partial charge in [-0.2, -0.15) is 0 Å². The van der Waals surface area contributed by atoms with E-state index >= 15 is 0 Å². The van der Waals surface area contributed by atoms with E-state index in [-0.39, 0.29) is 11.7 Å². The van der Waals surface area contributed by atoms with Crippen LogP contribution in [0.1, 0.15) is 31.2 Å². The van der Waals surface area contributed by atoms with Crippen molar-refractivity contribution in [3.63, 3.8) is 0 Å². The van der Waals surface area contributed by atoms with Crippen LogP contribution in [0.2, 0.25) is 0 Å². The minimum atomic E-state index is -0.466. The second-order valence-electron chi connectivity index (χ2n) is 5.17. The number of rotatable bonds is 2. The number of nitrogens with two attached hydrogens (primary N) is 1. The van der Waals surface area contributed by atoms with Crippen LogP contribution in [-0.2, 0) is 10.2 Å². The van der Waals surface area contributed by atoms with Gasteiger partial charge >= 0.3 is 0 Å². The van der Waals surface area contributed by atoms with Crippen molar-refractivity contribution in [2.75, 3.05) is 18.0 Å². The number of amides is 1. The zero-order chi connectivity index (χ0) is 12.8. The lowest BCUT2D eigenvalue weighted by atomic mass is 9.80. The fourth-order valence-electron chi connectivity index (χ4n) is 3.46. The Hall–Kier alpha value is -1.42. The van der Waals surface area contributed by atoms with Gasteiger partial charge < -0.3 is 10.6 Å². The third-order valence-electron chi connectivity index (χ3n) is 4.24. The molecule has 1 aromatic rings. The van der Waals surface area contributed by atoms with Crippen molar-refractivity contribution in [2.45, 2.75) is 31.1 Å². The molecule has 0 radical (unpaired) electrons. The number of nitrogens with zero attached hydrogens (tertiary/aromatic N) is 1. The summed E-state index contributed by atoms with van der Waals surface area (Å²) < 4.78 is 14.0. The molecular weight excluding hydrogens is 231 g/mol. The first-order chi connectivity index (χ1) is 8.70. The van der Waals surface area contributed by atoms with Crippen LogP contribution in [0.25, 0.3) is 0 Å². The minimum Gasteiger partial charge on any atom is -0.329 e. The van der Waals surface area contributed by atoms with Crippen LogP contribution >= 0.6 is 0 Å². The molecule has 2 N–H and O–H groups in total. The van der Waals surface area contributed by atoms with Gasteiger partial charge in [-0.1, -0.05) is 25.0 Å². The van der Waals surface area contributed by atoms with Crippen LogP contribution in [-0.4, -0.2) is 19.0 Å². The molecule has 1 spiro atoms. The van der Waals surface area contributed by atoms with Gasteiger partial charge in [-0.05, 0) is 24.5 Å². The molecule has 2 aliphatic rings. The number of hydrogen-bond acceptors (Lipinski definition) is 2. The third kappa shape index (κ3) is 1.35. The molecular formula is C14H17FN2O. The van der Waals surface area contributed by atoms with Gasteiger partial charge in [0.1, 0.15) is 5.82 Å². The molecule has 4 heteroatoms. The van der Waals surface area contributed by atoms with Gasteiger partial charge in [0.25, 0.3) is 0 Å². The smallest absolute Gasteiger partial charge is 0.237 e. The molecule has 0 atom stereocenters. The van der Waals surface area contributed by atoms with Crippen LogP contribution in [0.3, 0.4) is 0 Å². The van der Waals surface area contributed by atoms with Gasteiger partial charge in [0.15, 0.2) is 0 Å². The van der Waals surface area contributed by atoms with Crippen molar-refractivity contribution in [2.24, 2.45) is 5.73 Å². The van der Waals surface area contributed by atoms with E-state index in [1.165, 1.54) is 6.07 Å². The van der Waals surface area contributed by atoms with E-state index < -0.39 is 5.41 Å². The van der Waals surface area contributed by atoms with Crippen LogP contribution in [0.15, 0.2) is 18.2 Å². The molecule has 3 rings (SSSR count). The summed E-state index contributed by atoms with van der Waals surface area (Å²) >= 11 is 0. The number of hydrogen-bond donors (Lipinski definition) is 1. The molecule has 0 aromatic heterocycles. The zero-order valence-electron chi connectivity index (χ0n) is 10.3. The Morgan fingerprint density at radius 3 is 2.72 bits per heavy atom. The summed E-state index contributed by atoms with van der Waals surface area (Å²) in [6.45, 7) is 0.754. The monoisotopic (exact) mass is 248 g/mol. The number of para-hydroxylation sites is 1. The third-order valence-corrected chi connectivity index (χ3v) is 4.24. The second kappa shape index (κ2) is 4.05. The Bertz CT molecular complexity index is 495. The van der Waals surface area contributed by atoms with Crippen molar-refractivity contribution in [1.29, 1.82) is 0 Å². The summed E-state index contributed by atoms with van der Waals surface area (Å²) in [5.41, 5.74) is 6.42. The summed E-state index contributed by atoms with van der Waals surface area (Å²) in [5, 5.41) is 0. The van der Waals surface area contributed by atoms with E-state index in [1.54, 1.807) is 11.0 Å². The van der Waals surface area contributed by atoms with E-state index in [0.29, 0.717) is 18.8 Å². The quantitative estimate of drug-likeness (QED) is 0.869. The van der Waals surface area contributed by atoms with E-state index in [0.717, 1.165) is 31.2 Å². The molecule has 1 aliphatic heterocycles. The molecule has 1 amide bonds. The van der Waals surface area contributed by atoms with Gasteiger partial charge in [-0.15, -0.1) is 0 Å². The fourth-order valence-corrected chi connectivity index (χ4v) is 3.46. The van der Waals surface area contributed by atoms with Gasteiger partial charge in [-0.25, -0.2) is 4.39 Å². The van der Waals surface area contributed by atoms with Gasteiger partial charge in [0.2, 0.25) is 5.91 Å². The van der Waals surface area contributed by atoms with Crippen molar-refractivity contribution < 1.29 is 9.18 Å². The fraction of sp³-hybridized carbons (Fsp3) is 0.500. The summed E-state index contributed by atoms with van der Waals surface area (Å²) in [6.07, 6.45) is 3.75. The molecule has 18 heavy (non-hydrogen) atoms. The molecule has 1 heterocycles. The first-order valence-corrected chi connectivity index (χ1v) is 6.52. The highest BCUT2D eigenvalue weighted by Crippen LogP contribution is 2.51. The standard InChI is InChI=1S/C14H17FN2O/c15-11-5-3-4-10-12(11)17(9-8-16)13(18)14(10)6-1-2-7-14/h3-5H,1-2,6-9,16H2. The summed E-state index contributed by atoms with van der Waals surface area (Å²) in [5.74, 6) is -0.261. The van der Waals surface area contributed by atoms with Crippen LogP contribution in [0.5, 0.6) is 0 Å². The van der Waals surface area contributed by atoms with Crippen molar-refractivity contribution in [3.05, 3.63) is 29.6 Å². The lowest BCUT2D eigenvalue weighted by Gasteiger charge is -2.23. The number of carbonyl (C=O) groups is 1. The maximum Gasteiger partial charge on any atom is 0.237 e. The van der Waals surface area contributed by atoms with Crippen molar-refractivity contribution in [1.82, 2.24) is 0 Å². The highest BCUT2D eigenvalue weighted by molar-refractivity contribution is 6.08. The average Bonchev–Trinajstić information content (AvgIpc) is 2.93. The van der Waals surface area contributed by atoms with E-state index in [4.69, 9.17) is 5.73 Å². The Morgan fingerprint density at radius 2 is 2.06 bits per heavy atom. The topological polar surface area (TPSA) is 46.3 Å². The largest absolute Gasteiger partial charge is 0.329 e. The summed E-state index contributed by atoms with van der Waals surface area (Å²) in [4.78, 5) is 14.2. The molecule has 1 saturated carbocycles. The normalized spacial score (nSPS) is 20.8. The van der Waals surface area contributed by atoms with Crippen LogP contribution in [0, 0.1) is 5.82 Å². The lowest BCUT2D eigenvalue weighted by molar-refractivity contribution is -0.123. The van der Waals surface area contributed by atoms with Crippen molar-refractivity contribution >= 4 is 11.6 Å². The predicted octanol–water partition coefficient (Wildman–Crippen LogP) is 1.94. The maximum absolute atomic E-state index is 14.0. The number of carbonyl (C=O) groups excluding carboxylic acids is 1. The van der Waals surface area contributed by atoms with E-state index in [9.17, 15) is 9.18 Å². The second-order valence-corrected chi connectivity index (χ2v) is 5.17. The highest BCUT2D eigenvalue weighted by atomic mass is 19.1. The Labute approximate surface area is 106 Å². The number of fused-ring (bicyclic) bond motifs is 2. The van der Waals surface area contributed by atoms with Gasteiger partial charge in [0.05, 0.1) is 11.1 Å². The van der Waals surface area contributed by atoms with Crippen LogP contribution in [0.4, 0.5) is 10.1 Å². The number of anilines is 1. The van der Waals surface area contributed by atoms with Gasteiger partial charge in [-0.3, -0.25) is 4.79 Å². The molecule has 96 valence electrons. The summed E-state index contributed by atoms with van der Waals surface area (Å²) in [6, 6.07) is 5.02. The molecule has 0 unspecified atom stereocenters. The van der Waals surface area contributed by atoms with Gasteiger partial charge in [0, 0.05) is 13.1 Å². The first kappa shape index (κ1) is 11.7. The van der Waals surface area contributed by atoms with Crippen molar-refractivity contribution in [3.8, 4) is 0 Å². The maximum atomic E-state index is 14.0. The minimum absolute atomic E-state index is 0.0468. The summed E-state index contributed by atoms with van der Waals surface area (Å²) in [7, 11) is 0. The SMILES string of the molecule is NCCN1C(=O)C2(CCCC2)c2cccc(F)c21. The molecule has 0 saturated heterocycles. The average molecular weight is 248 g/mol. The predicted molar refractivity (Wildman–Crippen MR) is 68.0 cm³/mol. The van der Waals surface area contributed by atoms with E-state index in [2.05, 4.69) is 0 Å². The molecule has 1 fully saturated rings. The van der Waals surface area contributed by atoms with Crippen LogP contribution < -0.4 is 10.6 Å². The lowest BCUT2D eigenvalue weighted by Crippen LogP contribution is -2.40. The highest BCUT2D eigenvalue weighted by Gasteiger charge is 2.52. The Kier molecular flexibility index (Phi) is 2.63. The molecule has 1 aromatic carbocycles. The Morgan fingerprint density at radius 1 is 1.33 bits per heavy atom. The number of benzene rings is 1. The molecule has 0 bridgehead atoms. The number of halogens is 1. The first-order valence-electron chi connectivity index (χ1n) is 6.52. The zero-order valence-corrected chi connectivity index (χ0v) is 10.3.